The van der Waals surface area contributed by atoms with E-state index in [0.29, 0.717) is 0 Å². The van der Waals surface area contributed by atoms with Crippen molar-refractivity contribution in [2.75, 3.05) is 0 Å². The first-order valence-electron chi connectivity index (χ1n) is 31.0. The molecule has 18 heteroatoms. The van der Waals surface area contributed by atoms with Crippen LogP contribution >= 0.6 is 0 Å². The molecule has 0 spiro atoms. The predicted molar refractivity (Wildman–Crippen MR) is 414 cm³/mol. The summed E-state index contributed by atoms with van der Waals surface area (Å²) in [7, 11) is 56.7. The standard InChI is InChI=1S/C72H38.B18/c1-3-15-40(16-4-1)60-53-25-13-24-47-46-22-11-12-23-48(46)68(65(47)53)72-57-35-31-52-50-30-34-56-66-55(33-29-49(63(50)66)51-28-32-54(69(60)72)67(57)64(51)52)70-61(41-17-5-2-6-18-41)58-37-43-20-9-10-21-44(43)38-59(58)62(71(56)70)45-27-26-39-14-7-8-19-42(39)36-45;1-11(2)16(12(3)4)18(15(9)10)17(13(5)6)14(7)8/h1-38H;. The molecule has 18 rings (SSSR count). The SMILES string of the molecule is [B]B([B])B(B([B])[B])B(B([B])[B])B(B([B])[B])B([B])[B].c1ccc(-c2c3c(c(-c4ccc5ccccc5c4)c4cc5ccccc5cc24)-c2ccc4c5ccc6c7c(ccc(c8ccc-3c2c84)c57)c2c(-c3ccccc3)c3cccc4c5ccccc5c(c34)c62)cc1. The van der Waals surface area contributed by atoms with Crippen LogP contribution in [0.2, 0.25) is 0 Å². The fraction of sp³-hybridized carbons (Fsp3) is 0. The van der Waals surface area contributed by atoms with Gasteiger partial charge in [0.25, 0.3) is 0 Å². The highest BCUT2D eigenvalue weighted by Crippen LogP contribution is 2.61. The van der Waals surface area contributed by atoms with Crippen LogP contribution < -0.4 is 0 Å². The van der Waals surface area contributed by atoms with Gasteiger partial charge in [0.2, 0.25) is 0 Å². The molecule has 1 aliphatic rings. The van der Waals surface area contributed by atoms with E-state index >= 15 is 0 Å². The van der Waals surface area contributed by atoms with Gasteiger partial charge in [-0.15, -0.1) is 0 Å². The molecule has 0 aromatic heterocycles. The van der Waals surface area contributed by atoms with Crippen molar-refractivity contribution in [3.05, 3.63) is 231 Å². The molecule has 380 valence electrons. The zero-order valence-electron chi connectivity index (χ0n) is 49.3. The van der Waals surface area contributed by atoms with Gasteiger partial charge in [-0.2, -0.15) is 0 Å². The van der Waals surface area contributed by atoms with Gasteiger partial charge in [0.15, 0.2) is 0 Å². The Labute approximate surface area is 540 Å². The highest BCUT2D eigenvalue weighted by Gasteiger charge is 2.42. The van der Waals surface area contributed by atoms with Crippen molar-refractivity contribution in [2.24, 2.45) is 0 Å². The Morgan fingerprint density at radius 1 is 0.178 bits per heavy atom. The molecular formula is C72H38B18. The van der Waals surface area contributed by atoms with Gasteiger partial charge in [0, 0.05) is 128 Å². The van der Waals surface area contributed by atoms with E-state index in [9.17, 15) is 0 Å². The van der Waals surface area contributed by atoms with Crippen LogP contribution in [-0.2, 0) is 0 Å². The second kappa shape index (κ2) is 21.2. The number of benzene rings is 15. The summed E-state index contributed by atoms with van der Waals surface area (Å²) in [6, 6.07) is 87.8. The molecule has 0 nitrogen and oxygen atoms in total. The molecule has 17 aromatic rings. The topological polar surface area (TPSA) is 0 Å². The smallest absolute Gasteiger partial charge is 0 e. The monoisotopic (exact) mass is 1100 g/mol. The normalized spacial score (nSPS) is 12.0. The van der Waals surface area contributed by atoms with E-state index in [-0.39, 0.29) is 0 Å². The summed E-state index contributed by atoms with van der Waals surface area (Å²) >= 11 is 0. The van der Waals surface area contributed by atoms with Gasteiger partial charge < -0.3 is 0 Å². The first kappa shape index (κ1) is 55.8. The minimum Gasteiger partial charge on any atom is -0.0622 e. The average Bonchev–Trinajstić information content (AvgIpc) is 1.49. The second-order valence-electron chi connectivity index (χ2n) is 25.1. The third-order valence-corrected chi connectivity index (χ3v) is 20.2. The quantitative estimate of drug-likeness (QED) is 0.0727. The Morgan fingerprint density at radius 3 is 1.08 bits per heavy atom. The summed E-state index contributed by atoms with van der Waals surface area (Å²) in [5.74, 6) is 0. The van der Waals surface area contributed by atoms with Gasteiger partial charge in [-0.1, -0.05) is 212 Å². The lowest BCUT2D eigenvalue weighted by atomic mass is 8.41. The molecule has 0 heterocycles. The van der Waals surface area contributed by atoms with Crippen LogP contribution in [0.1, 0.15) is 0 Å². The molecule has 17 aromatic carbocycles. The van der Waals surface area contributed by atoms with Crippen LogP contribution in [0.15, 0.2) is 231 Å². The van der Waals surface area contributed by atoms with E-state index in [1.54, 1.807) is 0 Å². The summed E-state index contributed by atoms with van der Waals surface area (Å²) in [6.07, 6.45) is -6.04. The summed E-state index contributed by atoms with van der Waals surface area (Å²) in [4.78, 5) is 0. The zero-order valence-corrected chi connectivity index (χ0v) is 49.3. The number of rotatable bonds is 10. The third kappa shape index (κ3) is 8.07. The van der Waals surface area contributed by atoms with Crippen molar-refractivity contribution in [1.82, 2.24) is 0 Å². The fourth-order valence-corrected chi connectivity index (χ4v) is 16.7. The Hall–Kier alpha value is -8.19. The van der Waals surface area contributed by atoms with Crippen LogP contribution in [0, 0.1) is 0 Å². The molecule has 20 radical (unpaired) electrons. The summed E-state index contributed by atoms with van der Waals surface area (Å²) < 4.78 is 0. The van der Waals surface area contributed by atoms with Gasteiger partial charge in [0.1, 0.15) is 0 Å². The van der Waals surface area contributed by atoms with E-state index in [2.05, 4.69) is 231 Å². The molecular weight excluding hydrogens is 1060 g/mol. The van der Waals surface area contributed by atoms with Gasteiger partial charge in [-0.25, -0.2) is 0 Å². The van der Waals surface area contributed by atoms with Crippen LogP contribution in [0.4, 0.5) is 0 Å². The molecule has 0 amide bonds. The lowest BCUT2D eigenvalue weighted by molar-refractivity contribution is 1.64. The highest BCUT2D eigenvalue weighted by molar-refractivity contribution is 8.17. The maximum atomic E-state index is 5.72. The summed E-state index contributed by atoms with van der Waals surface area (Å²) in [5.41, 5.74) is 13.0. The van der Waals surface area contributed by atoms with Gasteiger partial charge in [-0.3, -0.25) is 0 Å². The van der Waals surface area contributed by atoms with E-state index in [1.807, 2.05) is 0 Å². The molecule has 90 heavy (non-hydrogen) atoms. The van der Waals surface area contributed by atoms with E-state index in [1.165, 1.54) is 185 Å². The fourth-order valence-electron chi connectivity index (χ4n) is 16.7. The van der Waals surface area contributed by atoms with Gasteiger partial charge >= 0.3 is 0 Å². The minimum atomic E-state index is -0.853. The average molecular weight is 1100 g/mol. The van der Waals surface area contributed by atoms with Gasteiger partial charge in [-0.05, 0) is 203 Å². The van der Waals surface area contributed by atoms with Gasteiger partial charge in [0.05, 0.1) is 0 Å². The molecule has 0 saturated heterocycles. The first-order chi connectivity index (χ1) is 43.9. The molecule has 1 aliphatic carbocycles. The van der Waals surface area contributed by atoms with Crippen molar-refractivity contribution in [1.29, 1.82) is 0 Å². The highest BCUT2D eigenvalue weighted by atomic mass is 14.4. The second-order valence-corrected chi connectivity index (χ2v) is 25.1. The van der Waals surface area contributed by atoms with Crippen molar-refractivity contribution < 1.29 is 0 Å². The zero-order chi connectivity index (χ0) is 61.1. The maximum absolute atomic E-state index is 5.72. The molecule has 0 fully saturated rings. The van der Waals surface area contributed by atoms with Crippen LogP contribution in [0.5, 0.6) is 0 Å². The van der Waals surface area contributed by atoms with Crippen molar-refractivity contribution in [3.63, 3.8) is 0 Å². The molecule has 0 atom stereocenters. The number of fused-ring (bicyclic) bond motifs is 15. The molecule has 0 aliphatic heterocycles. The minimum absolute atomic E-state index is 0.593. The van der Waals surface area contributed by atoms with E-state index in [4.69, 9.17) is 77.4 Å². The molecule has 0 saturated carbocycles. The van der Waals surface area contributed by atoms with Crippen LogP contribution in [0.25, 0.3) is 185 Å². The maximum Gasteiger partial charge on any atom is 0 e. The molecule has 0 N–H and O–H groups in total. The number of hydrogen-bond acceptors (Lipinski definition) is 0. The Balaban J connectivity index is 0.000000305. The van der Waals surface area contributed by atoms with Crippen LogP contribution in [0.3, 0.4) is 0 Å². The molecule has 0 bridgehead atoms. The van der Waals surface area contributed by atoms with Crippen molar-refractivity contribution in [2.45, 2.75) is 0 Å². The Bertz CT molecular complexity index is 5710. The third-order valence-electron chi connectivity index (χ3n) is 20.2. The first-order valence-corrected chi connectivity index (χ1v) is 31.0. The van der Waals surface area contributed by atoms with Crippen molar-refractivity contribution >= 4 is 258 Å². The lowest BCUT2D eigenvalue weighted by Crippen LogP contribution is -2.78. The lowest BCUT2D eigenvalue weighted by Gasteiger charge is -2.40. The van der Waals surface area contributed by atoms with Crippen LogP contribution in [-0.4, -0.2) is 128 Å². The summed E-state index contributed by atoms with van der Waals surface area (Å²) in [5, 5.41) is 31.8. The number of hydrogen-bond donors (Lipinski definition) is 0. The van der Waals surface area contributed by atoms with E-state index in [0.717, 1.165) is 0 Å². The Kier molecular flexibility index (Phi) is 13.2. The van der Waals surface area contributed by atoms with Crippen molar-refractivity contribution in [3.8, 4) is 55.6 Å². The summed E-state index contributed by atoms with van der Waals surface area (Å²) in [6.45, 7) is 0. The predicted octanol–water partition coefficient (Wildman–Crippen LogP) is 13.6. The largest absolute Gasteiger partial charge is 0.0622 e. The molecule has 0 unspecified atom stereocenters. The Morgan fingerprint density at radius 2 is 0.533 bits per heavy atom. The van der Waals surface area contributed by atoms with E-state index < -0.39 is 51.1 Å².